The molecule has 0 amide bonds. The van der Waals surface area contributed by atoms with Gasteiger partial charge in [-0.15, -0.1) is 11.3 Å². The molecule has 124 valence electrons. The van der Waals surface area contributed by atoms with E-state index in [9.17, 15) is 35.9 Å². The summed E-state index contributed by atoms with van der Waals surface area (Å²) in [6.07, 6.45) is -13.1. The maximum atomic E-state index is 12.4. The third-order valence-corrected chi connectivity index (χ3v) is 3.92. The summed E-state index contributed by atoms with van der Waals surface area (Å²) in [7, 11) is 0. The second-order valence-corrected chi connectivity index (χ2v) is 5.60. The molecular formula is C13H7F6NO2S. The minimum atomic E-state index is -5.80. The first-order valence-electron chi connectivity index (χ1n) is 6.05. The van der Waals surface area contributed by atoms with Crippen LogP contribution in [0.15, 0.2) is 24.3 Å². The Bertz CT molecular complexity index is 702. The molecule has 0 saturated carbocycles. The summed E-state index contributed by atoms with van der Waals surface area (Å²) < 4.78 is 75.1. The highest BCUT2D eigenvalue weighted by molar-refractivity contribution is 7.20. The molecule has 0 fully saturated rings. The van der Waals surface area contributed by atoms with Gasteiger partial charge in [0.25, 0.3) is 0 Å². The fraction of sp³-hybridized carbons (Fsp3) is 0.308. The number of alkyl halides is 6. The Morgan fingerprint density at radius 2 is 1.61 bits per heavy atom. The zero-order valence-corrected chi connectivity index (χ0v) is 11.9. The predicted molar refractivity (Wildman–Crippen MR) is 69.2 cm³/mol. The topological polar surface area (TPSA) is 47.0 Å². The van der Waals surface area contributed by atoms with E-state index >= 15 is 0 Å². The molecule has 10 heteroatoms. The SMILES string of the molecule is O=C(CC(=O)C(C(F)(F)F)C(F)(F)F)c1nc2ccccc2s1. The normalized spacial score (nSPS) is 12.8. The first kappa shape index (κ1) is 17.4. The van der Waals surface area contributed by atoms with Gasteiger partial charge in [0.2, 0.25) is 5.92 Å². The molecule has 0 N–H and O–H groups in total. The number of ketones is 2. The van der Waals surface area contributed by atoms with Gasteiger partial charge in [0.1, 0.15) is 0 Å². The number of para-hydroxylation sites is 1. The number of halogens is 6. The van der Waals surface area contributed by atoms with E-state index in [1.54, 1.807) is 18.2 Å². The molecule has 1 aromatic carbocycles. The smallest absolute Gasteiger partial charge is 0.298 e. The molecule has 1 aromatic heterocycles. The monoisotopic (exact) mass is 355 g/mol. The Balaban J connectivity index is 2.22. The Kier molecular flexibility index (Phi) is 4.47. The average molecular weight is 355 g/mol. The lowest BCUT2D eigenvalue weighted by Gasteiger charge is -2.21. The highest BCUT2D eigenvalue weighted by atomic mass is 32.1. The van der Waals surface area contributed by atoms with Crippen molar-refractivity contribution in [2.75, 3.05) is 0 Å². The molecule has 0 bridgehead atoms. The lowest BCUT2D eigenvalue weighted by atomic mass is 9.98. The molecule has 0 saturated heterocycles. The van der Waals surface area contributed by atoms with E-state index in [1.165, 1.54) is 6.07 Å². The van der Waals surface area contributed by atoms with Gasteiger partial charge in [-0.2, -0.15) is 26.3 Å². The quantitative estimate of drug-likeness (QED) is 0.470. The molecule has 2 aromatic rings. The fourth-order valence-corrected chi connectivity index (χ4v) is 2.78. The fourth-order valence-electron chi connectivity index (χ4n) is 1.88. The highest BCUT2D eigenvalue weighted by Crippen LogP contribution is 2.40. The highest BCUT2D eigenvalue weighted by Gasteiger charge is 2.60. The molecule has 0 aliphatic rings. The van der Waals surface area contributed by atoms with Gasteiger partial charge < -0.3 is 0 Å². The van der Waals surface area contributed by atoms with Gasteiger partial charge in [0.05, 0.1) is 16.6 Å². The van der Waals surface area contributed by atoms with Crippen molar-refractivity contribution < 1.29 is 35.9 Å². The zero-order chi connectivity index (χ0) is 17.4. The largest absolute Gasteiger partial charge is 0.407 e. The Morgan fingerprint density at radius 1 is 1.04 bits per heavy atom. The molecular weight excluding hydrogens is 348 g/mol. The van der Waals surface area contributed by atoms with Gasteiger partial charge in [-0.25, -0.2) is 4.98 Å². The number of benzene rings is 1. The van der Waals surface area contributed by atoms with Crippen LogP contribution < -0.4 is 0 Å². The van der Waals surface area contributed by atoms with Crippen LogP contribution in [-0.2, 0) is 4.79 Å². The van der Waals surface area contributed by atoms with Crippen molar-refractivity contribution in [1.82, 2.24) is 4.98 Å². The van der Waals surface area contributed by atoms with E-state index < -0.39 is 36.3 Å². The predicted octanol–water partition coefficient (Wildman–Crippen LogP) is 4.18. The summed E-state index contributed by atoms with van der Waals surface area (Å²) >= 11 is 0.799. The summed E-state index contributed by atoms with van der Waals surface area (Å²) in [5.41, 5.74) is 0.372. The van der Waals surface area contributed by atoms with Crippen LogP contribution in [0.4, 0.5) is 26.3 Å². The van der Waals surface area contributed by atoms with E-state index in [4.69, 9.17) is 0 Å². The number of carbonyl (C=O) groups is 2. The van der Waals surface area contributed by atoms with Crippen molar-refractivity contribution in [2.24, 2.45) is 5.92 Å². The molecule has 0 spiro atoms. The minimum absolute atomic E-state index is 0.303. The molecule has 2 rings (SSSR count). The third-order valence-electron chi connectivity index (χ3n) is 2.84. The maximum absolute atomic E-state index is 12.4. The molecule has 0 aliphatic carbocycles. The summed E-state index contributed by atoms with van der Waals surface area (Å²) in [5, 5.41) is -0.303. The Morgan fingerprint density at radius 3 is 2.13 bits per heavy atom. The van der Waals surface area contributed by atoms with Crippen LogP contribution >= 0.6 is 11.3 Å². The van der Waals surface area contributed by atoms with Gasteiger partial charge in [-0.05, 0) is 12.1 Å². The summed E-state index contributed by atoms with van der Waals surface area (Å²) in [4.78, 5) is 26.9. The van der Waals surface area contributed by atoms with E-state index in [-0.39, 0.29) is 5.01 Å². The van der Waals surface area contributed by atoms with Gasteiger partial charge in [0, 0.05) is 0 Å². The maximum Gasteiger partial charge on any atom is 0.407 e. The van der Waals surface area contributed by atoms with Crippen molar-refractivity contribution in [3.8, 4) is 0 Å². The molecule has 0 radical (unpaired) electrons. The Hall–Kier alpha value is -1.97. The van der Waals surface area contributed by atoms with E-state index in [2.05, 4.69) is 4.98 Å². The van der Waals surface area contributed by atoms with E-state index in [0.29, 0.717) is 10.2 Å². The number of hydrogen-bond acceptors (Lipinski definition) is 4. The summed E-state index contributed by atoms with van der Waals surface area (Å²) in [5.74, 6) is -7.59. The number of carbonyl (C=O) groups excluding carboxylic acids is 2. The van der Waals surface area contributed by atoms with Crippen LogP contribution in [0.2, 0.25) is 0 Å². The zero-order valence-electron chi connectivity index (χ0n) is 11.0. The van der Waals surface area contributed by atoms with Crippen molar-refractivity contribution in [3.05, 3.63) is 29.3 Å². The second kappa shape index (κ2) is 5.91. The summed E-state index contributed by atoms with van der Waals surface area (Å²) in [6, 6.07) is 6.34. The molecule has 0 atom stereocenters. The lowest BCUT2D eigenvalue weighted by molar-refractivity contribution is -0.273. The minimum Gasteiger partial charge on any atom is -0.298 e. The van der Waals surface area contributed by atoms with Crippen LogP contribution in [0.1, 0.15) is 16.2 Å². The number of Topliss-reactive ketones (excluding diaryl/α,β-unsaturated/α-hetero) is 2. The molecule has 23 heavy (non-hydrogen) atoms. The second-order valence-electron chi connectivity index (χ2n) is 4.57. The molecule has 1 heterocycles. The van der Waals surface area contributed by atoms with Crippen LogP contribution in [0, 0.1) is 5.92 Å². The lowest BCUT2D eigenvalue weighted by Crippen LogP contribution is -2.43. The van der Waals surface area contributed by atoms with Crippen LogP contribution in [0.5, 0.6) is 0 Å². The van der Waals surface area contributed by atoms with Crippen molar-refractivity contribution in [3.63, 3.8) is 0 Å². The molecule has 3 nitrogen and oxygen atoms in total. The van der Waals surface area contributed by atoms with Crippen LogP contribution in [0.25, 0.3) is 10.2 Å². The average Bonchev–Trinajstić information content (AvgIpc) is 2.78. The standard InChI is InChI=1S/C13H7F6NO2S/c14-12(15,16)10(13(17,18)19)7(21)5-8(22)11-20-6-3-1-2-4-9(6)23-11/h1-4,10H,5H2. The van der Waals surface area contributed by atoms with Crippen molar-refractivity contribution >= 4 is 33.1 Å². The van der Waals surface area contributed by atoms with Crippen LogP contribution in [-0.4, -0.2) is 28.9 Å². The number of nitrogens with zero attached hydrogens (tertiary/aromatic N) is 1. The van der Waals surface area contributed by atoms with Crippen molar-refractivity contribution in [2.45, 2.75) is 18.8 Å². The molecule has 0 unspecified atom stereocenters. The number of hydrogen-bond donors (Lipinski definition) is 0. The van der Waals surface area contributed by atoms with Gasteiger partial charge in [-0.3, -0.25) is 9.59 Å². The van der Waals surface area contributed by atoms with Crippen molar-refractivity contribution in [1.29, 1.82) is 0 Å². The Labute approximate surface area is 128 Å². The third kappa shape index (κ3) is 3.87. The number of aromatic nitrogens is 1. The van der Waals surface area contributed by atoms with Gasteiger partial charge in [0.15, 0.2) is 16.6 Å². The van der Waals surface area contributed by atoms with Gasteiger partial charge >= 0.3 is 12.4 Å². The van der Waals surface area contributed by atoms with E-state index in [1.807, 2.05) is 0 Å². The first-order chi connectivity index (χ1) is 10.5. The number of rotatable bonds is 4. The van der Waals surface area contributed by atoms with Crippen LogP contribution in [0.3, 0.4) is 0 Å². The van der Waals surface area contributed by atoms with E-state index in [0.717, 1.165) is 11.3 Å². The summed E-state index contributed by atoms with van der Waals surface area (Å²) in [6.45, 7) is 0. The molecule has 0 aliphatic heterocycles. The number of thiazole rings is 1. The first-order valence-corrected chi connectivity index (χ1v) is 6.86. The van der Waals surface area contributed by atoms with Gasteiger partial charge in [-0.1, -0.05) is 12.1 Å². The number of fused-ring (bicyclic) bond motifs is 1.